The maximum Gasteiger partial charge on any atom is 0.199 e. The number of hydrogen-bond donors (Lipinski definition) is 0. The lowest BCUT2D eigenvalue weighted by atomic mass is 9.91. The topological polar surface area (TPSA) is 27.7 Å². The highest BCUT2D eigenvalue weighted by Gasteiger charge is 2.27. The predicted octanol–water partition coefficient (Wildman–Crippen LogP) is 5.80. The van der Waals surface area contributed by atoms with Gasteiger partial charge in [-0.3, -0.25) is 0 Å². The first kappa shape index (κ1) is 19.6. The third kappa shape index (κ3) is 4.78. The Kier molecular flexibility index (Phi) is 6.67. The minimum atomic E-state index is -0.954. The van der Waals surface area contributed by atoms with Gasteiger partial charge in [0.25, 0.3) is 0 Å². The molecule has 1 saturated heterocycles. The van der Waals surface area contributed by atoms with Crippen molar-refractivity contribution in [3.63, 3.8) is 0 Å². The summed E-state index contributed by atoms with van der Waals surface area (Å²) >= 11 is 0. The molecule has 0 spiro atoms. The molecule has 1 heterocycles. The average Bonchev–Trinajstić information content (AvgIpc) is 2.70. The van der Waals surface area contributed by atoms with Crippen LogP contribution in [0.3, 0.4) is 0 Å². The molecule has 1 aromatic carbocycles. The molecule has 3 rings (SSSR count). The van der Waals surface area contributed by atoms with Gasteiger partial charge in [0.05, 0.1) is 19.8 Å². The number of hydrogen-bond acceptors (Lipinski definition) is 3. The number of methoxy groups -OCH3 is 1. The van der Waals surface area contributed by atoms with Gasteiger partial charge in [0.1, 0.15) is 18.1 Å². The summed E-state index contributed by atoms with van der Waals surface area (Å²) in [7, 11) is 1.34. The third-order valence-corrected chi connectivity index (χ3v) is 5.09. The van der Waals surface area contributed by atoms with Gasteiger partial charge in [-0.15, -0.1) is 0 Å². The van der Waals surface area contributed by atoms with Gasteiger partial charge in [0, 0.05) is 18.8 Å². The zero-order valence-corrected chi connectivity index (χ0v) is 15.8. The molecule has 1 aromatic rings. The molecule has 5 heteroatoms. The molecule has 1 aliphatic heterocycles. The van der Waals surface area contributed by atoms with Gasteiger partial charge >= 0.3 is 0 Å². The van der Waals surface area contributed by atoms with Crippen LogP contribution < -0.4 is 0 Å². The number of halogens is 2. The van der Waals surface area contributed by atoms with Gasteiger partial charge in [-0.25, -0.2) is 0 Å². The number of allylic oxidation sites excluding steroid dienone is 5. The zero-order valence-electron chi connectivity index (χ0n) is 15.8. The van der Waals surface area contributed by atoms with Gasteiger partial charge in [-0.05, 0) is 30.9 Å². The van der Waals surface area contributed by atoms with Crippen molar-refractivity contribution in [1.29, 1.82) is 0 Å². The van der Waals surface area contributed by atoms with E-state index in [0.29, 0.717) is 25.4 Å². The monoisotopic (exact) mass is 376 g/mol. The van der Waals surface area contributed by atoms with E-state index in [2.05, 4.69) is 30.3 Å². The summed E-state index contributed by atoms with van der Waals surface area (Å²) in [6, 6.07) is 8.51. The lowest BCUT2D eigenvalue weighted by Crippen LogP contribution is -2.28. The van der Waals surface area contributed by atoms with Gasteiger partial charge in [-0.1, -0.05) is 36.4 Å². The van der Waals surface area contributed by atoms with Crippen molar-refractivity contribution in [2.24, 2.45) is 0 Å². The minimum Gasteiger partial charge on any atom is -0.498 e. The number of rotatable bonds is 6. The molecular formula is C22H26F2O3. The maximum atomic E-state index is 14.0. The molecule has 0 amide bonds. The Balaban J connectivity index is 1.50. The average molecular weight is 376 g/mol. The molecule has 146 valence electrons. The highest BCUT2D eigenvalue weighted by molar-refractivity contribution is 5.49. The molecule has 3 nitrogen and oxygen atoms in total. The van der Waals surface area contributed by atoms with E-state index in [9.17, 15) is 8.78 Å². The Morgan fingerprint density at radius 2 is 1.78 bits per heavy atom. The molecule has 0 aromatic heterocycles. The zero-order chi connectivity index (χ0) is 19.2. The molecule has 0 radical (unpaired) electrons. The van der Waals surface area contributed by atoms with Crippen LogP contribution in [0.15, 0.2) is 53.5 Å². The Bertz CT molecular complexity index is 726. The summed E-state index contributed by atoms with van der Waals surface area (Å²) in [6.45, 7) is 2.85. The lowest BCUT2D eigenvalue weighted by Gasteiger charge is -2.30. The Hall–Kier alpha value is -2.14. The summed E-state index contributed by atoms with van der Waals surface area (Å²) in [5.74, 6) is -1.45. The van der Waals surface area contributed by atoms with Crippen LogP contribution in [0.1, 0.15) is 49.7 Å². The van der Waals surface area contributed by atoms with Gasteiger partial charge < -0.3 is 14.2 Å². The van der Waals surface area contributed by atoms with Crippen molar-refractivity contribution in [3.05, 3.63) is 64.6 Å². The van der Waals surface area contributed by atoms with Gasteiger partial charge in [0.2, 0.25) is 0 Å². The van der Waals surface area contributed by atoms with Crippen LogP contribution in [0, 0.1) is 0 Å². The van der Waals surface area contributed by atoms with E-state index < -0.39 is 11.7 Å². The van der Waals surface area contributed by atoms with Crippen molar-refractivity contribution < 1.29 is 23.0 Å². The molecule has 0 bridgehead atoms. The Morgan fingerprint density at radius 3 is 2.41 bits per heavy atom. The van der Waals surface area contributed by atoms with Gasteiger partial charge in [0.15, 0.2) is 11.7 Å². The lowest BCUT2D eigenvalue weighted by molar-refractivity contribution is -0.0371. The van der Waals surface area contributed by atoms with Crippen LogP contribution >= 0.6 is 0 Å². The van der Waals surface area contributed by atoms with E-state index in [1.807, 2.05) is 13.0 Å². The second-order valence-electron chi connectivity index (χ2n) is 6.89. The summed E-state index contributed by atoms with van der Waals surface area (Å²) in [5.41, 5.74) is 2.45. The SMILES string of the molecule is C/C=C/c1ccc(C2CCC(COC3=C(F)C(F)=C(OC)CC3)OC2)cc1. The van der Waals surface area contributed by atoms with Crippen LogP contribution in [0.5, 0.6) is 0 Å². The molecule has 1 aliphatic carbocycles. The fourth-order valence-electron chi connectivity index (χ4n) is 3.48. The minimum absolute atomic E-state index is 0.0389. The fraction of sp³-hybridized carbons (Fsp3) is 0.455. The standard InChI is InChI=1S/C22H26F2O3/c1-3-4-15-5-7-16(8-6-15)17-9-10-18(26-13-17)14-27-20-12-11-19(25-2)21(23)22(20)24/h3-8,17-18H,9-14H2,1-2H3/b4-3+. The third-order valence-electron chi connectivity index (χ3n) is 5.09. The second-order valence-corrected chi connectivity index (χ2v) is 6.89. The maximum absolute atomic E-state index is 14.0. The van der Waals surface area contributed by atoms with Crippen LogP contribution in [-0.4, -0.2) is 26.4 Å². The molecule has 0 saturated carbocycles. The van der Waals surface area contributed by atoms with E-state index in [-0.39, 0.29) is 24.2 Å². The molecule has 2 atom stereocenters. The van der Waals surface area contributed by atoms with Crippen LogP contribution in [0.25, 0.3) is 6.08 Å². The molecule has 2 aliphatic rings. The van der Waals surface area contributed by atoms with E-state index in [1.165, 1.54) is 18.2 Å². The normalized spacial score (nSPS) is 23.9. The quantitative estimate of drug-likeness (QED) is 0.628. The largest absolute Gasteiger partial charge is 0.498 e. The molecule has 2 unspecified atom stereocenters. The summed E-state index contributed by atoms with van der Waals surface area (Å²) < 4.78 is 44.0. The Morgan fingerprint density at radius 1 is 1.07 bits per heavy atom. The van der Waals surface area contributed by atoms with E-state index in [4.69, 9.17) is 14.2 Å². The van der Waals surface area contributed by atoms with E-state index in [0.717, 1.165) is 12.8 Å². The van der Waals surface area contributed by atoms with Crippen molar-refractivity contribution in [2.45, 2.75) is 44.6 Å². The molecule has 27 heavy (non-hydrogen) atoms. The number of ether oxygens (including phenoxy) is 3. The van der Waals surface area contributed by atoms with E-state index in [1.54, 1.807) is 0 Å². The van der Waals surface area contributed by atoms with Crippen LogP contribution in [0.4, 0.5) is 8.78 Å². The summed E-state index contributed by atoms with van der Waals surface area (Å²) in [4.78, 5) is 0. The second kappa shape index (κ2) is 9.18. The van der Waals surface area contributed by atoms with Gasteiger partial charge in [-0.2, -0.15) is 8.78 Å². The molecule has 0 N–H and O–H groups in total. The van der Waals surface area contributed by atoms with Crippen molar-refractivity contribution >= 4 is 6.08 Å². The first-order valence-corrected chi connectivity index (χ1v) is 9.41. The first-order chi connectivity index (χ1) is 13.1. The van der Waals surface area contributed by atoms with Crippen LogP contribution in [0.2, 0.25) is 0 Å². The molecule has 1 fully saturated rings. The number of benzene rings is 1. The van der Waals surface area contributed by atoms with Crippen LogP contribution in [-0.2, 0) is 14.2 Å². The van der Waals surface area contributed by atoms with Crippen molar-refractivity contribution in [3.8, 4) is 0 Å². The smallest absolute Gasteiger partial charge is 0.199 e. The summed E-state index contributed by atoms with van der Waals surface area (Å²) in [6.07, 6.45) is 6.42. The van der Waals surface area contributed by atoms with E-state index >= 15 is 0 Å². The summed E-state index contributed by atoms with van der Waals surface area (Å²) in [5, 5.41) is 0. The van der Waals surface area contributed by atoms with Crippen molar-refractivity contribution in [2.75, 3.05) is 20.3 Å². The fourth-order valence-corrected chi connectivity index (χ4v) is 3.48. The first-order valence-electron chi connectivity index (χ1n) is 9.41. The highest BCUT2D eigenvalue weighted by Crippen LogP contribution is 2.34. The van der Waals surface area contributed by atoms with Crippen molar-refractivity contribution in [1.82, 2.24) is 0 Å². The molecular weight excluding hydrogens is 350 g/mol. The highest BCUT2D eigenvalue weighted by atomic mass is 19.2. The predicted molar refractivity (Wildman–Crippen MR) is 101 cm³/mol. The Labute approximate surface area is 159 Å².